The third-order valence-corrected chi connectivity index (χ3v) is 5.81. The average molecular weight is 371 g/mol. The van der Waals surface area contributed by atoms with Crippen LogP contribution in [0.2, 0.25) is 0 Å². The lowest BCUT2D eigenvalue weighted by atomic mass is 10.0. The summed E-state index contributed by atoms with van der Waals surface area (Å²) in [4.78, 5) is 14.0. The molecule has 0 aromatic carbocycles. The Morgan fingerprint density at radius 2 is 2.12 bits per heavy atom. The number of hydrogen-bond donors (Lipinski definition) is 1. The smallest absolute Gasteiger partial charge is 0.323 e. The Hall–Kier alpha value is 0.0900. The highest BCUT2D eigenvalue weighted by molar-refractivity contribution is 9.13. The number of halogens is 2. The van der Waals surface area contributed by atoms with E-state index in [2.05, 4.69) is 31.9 Å². The largest absolute Gasteiger partial charge is 0.480 e. The molecule has 0 spiro atoms. The van der Waals surface area contributed by atoms with Crippen molar-refractivity contribution in [3.05, 3.63) is 19.2 Å². The van der Waals surface area contributed by atoms with Crippen LogP contribution < -0.4 is 0 Å². The van der Waals surface area contributed by atoms with Gasteiger partial charge in [-0.15, -0.1) is 11.3 Å². The molecule has 3 nitrogen and oxygen atoms in total. The first-order chi connectivity index (χ1) is 7.25. The van der Waals surface area contributed by atoms with Crippen LogP contribution in [0.5, 0.6) is 0 Å². The van der Waals surface area contributed by atoms with E-state index in [0.717, 1.165) is 13.1 Å². The maximum atomic E-state index is 11.1. The first-order valence-corrected chi connectivity index (χ1v) is 7.03. The monoisotopic (exact) mass is 369 g/mol. The van der Waals surface area contributed by atoms with Crippen molar-refractivity contribution < 1.29 is 9.90 Å². The van der Waals surface area contributed by atoms with E-state index in [1.807, 2.05) is 18.0 Å². The van der Waals surface area contributed by atoms with Gasteiger partial charge in [0.1, 0.15) is 5.54 Å². The Balaban J connectivity index is 2.78. The number of likely N-dealkylation sites (N-methyl/N-ethyl adjacent to an activating group) is 1. The van der Waals surface area contributed by atoms with Crippen molar-refractivity contribution in [1.82, 2.24) is 4.90 Å². The van der Waals surface area contributed by atoms with Crippen LogP contribution in [0.4, 0.5) is 0 Å². The summed E-state index contributed by atoms with van der Waals surface area (Å²) < 4.78 is 2.04. The van der Waals surface area contributed by atoms with Gasteiger partial charge >= 0.3 is 5.97 Å². The van der Waals surface area contributed by atoms with E-state index >= 15 is 0 Å². The van der Waals surface area contributed by atoms with Gasteiger partial charge in [-0.3, -0.25) is 9.69 Å². The molecular weight excluding hydrogens is 358 g/mol. The zero-order valence-corrected chi connectivity index (χ0v) is 13.2. The molecule has 0 atom stereocenters. The highest BCUT2D eigenvalue weighted by Gasteiger charge is 2.32. The van der Waals surface area contributed by atoms with Crippen LogP contribution in [-0.4, -0.2) is 28.6 Å². The standard InChI is InChI=1S/C10H13Br2NO2S/c1-10(2,9(14)15)13(3)5-6-4-7(11)8(12)16-6/h4H,5H2,1-3H3,(H,14,15). The molecule has 1 rings (SSSR count). The molecule has 0 amide bonds. The normalized spacial score (nSPS) is 12.1. The number of thiophene rings is 1. The van der Waals surface area contributed by atoms with Gasteiger partial charge in [0.25, 0.3) is 0 Å². The Bertz CT molecular complexity index is 384. The van der Waals surface area contributed by atoms with Gasteiger partial charge in [0.15, 0.2) is 0 Å². The first kappa shape index (κ1) is 14.2. The van der Waals surface area contributed by atoms with Crippen LogP contribution in [0.25, 0.3) is 0 Å². The minimum Gasteiger partial charge on any atom is -0.480 e. The van der Waals surface area contributed by atoms with Crippen LogP contribution >= 0.6 is 43.2 Å². The van der Waals surface area contributed by atoms with E-state index in [0.29, 0.717) is 6.54 Å². The summed E-state index contributed by atoms with van der Waals surface area (Å²) in [5, 5.41) is 9.09. The number of carboxylic acids is 1. The fraction of sp³-hybridized carbons (Fsp3) is 0.500. The molecule has 0 bridgehead atoms. The van der Waals surface area contributed by atoms with E-state index in [-0.39, 0.29) is 0 Å². The van der Waals surface area contributed by atoms with Crippen molar-refractivity contribution in [1.29, 1.82) is 0 Å². The van der Waals surface area contributed by atoms with Gasteiger partial charge in [-0.25, -0.2) is 0 Å². The molecule has 0 saturated carbocycles. The number of carbonyl (C=O) groups is 1. The van der Waals surface area contributed by atoms with Crippen molar-refractivity contribution in [2.45, 2.75) is 25.9 Å². The van der Waals surface area contributed by atoms with Crippen molar-refractivity contribution in [2.24, 2.45) is 0 Å². The SMILES string of the molecule is CN(Cc1cc(Br)c(Br)s1)C(C)(C)C(=O)O. The fourth-order valence-electron chi connectivity index (χ4n) is 1.06. The summed E-state index contributed by atoms with van der Waals surface area (Å²) in [7, 11) is 1.82. The van der Waals surface area contributed by atoms with E-state index in [4.69, 9.17) is 5.11 Å². The Morgan fingerprint density at radius 3 is 2.50 bits per heavy atom. The Kier molecular flexibility index (Phi) is 4.57. The van der Waals surface area contributed by atoms with Gasteiger partial charge in [0.05, 0.1) is 3.79 Å². The molecule has 0 aliphatic carbocycles. The first-order valence-electron chi connectivity index (χ1n) is 4.63. The van der Waals surface area contributed by atoms with Gasteiger partial charge in [0, 0.05) is 15.9 Å². The number of aliphatic carboxylic acids is 1. The maximum absolute atomic E-state index is 11.1. The summed E-state index contributed by atoms with van der Waals surface area (Å²) in [5.41, 5.74) is -0.858. The second-order valence-electron chi connectivity index (χ2n) is 4.05. The highest BCUT2D eigenvalue weighted by Crippen LogP contribution is 2.33. The number of hydrogen-bond acceptors (Lipinski definition) is 3. The summed E-state index contributed by atoms with van der Waals surface area (Å²) in [6.45, 7) is 4.02. The molecule has 0 unspecified atom stereocenters. The van der Waals surface area contributed by atoms with Gasteiger partial charge in [0.2, 0.25) is 0 Å². The zero-order chi connectivity index (χ0) is 12.5. The predicted molar refractivity (Wildman–Crippen MR) is 72.9 cm³/mol. The van der Waals surface area contributed by atoms with Crippen LogP contribution in [0.15, 0.2) is 14.3 Å². The number of carboxylic acid groups (broad SMARTS) is 1. The topological polar surface area (TPSA) is 40.5 Å². The number of nitrogens with zero attached hydrogens (tertiary/aromatic N) is 1. The van der Waals surface area contributed by atoms with Crippen LogP contribution in [0, 0.1) is 0 Å². The lowest BCUT2D eigenvalue weighted by molar-refractivity contribution is -0.148. The van der Waals surface area contributed by atoms with E-state index < -0.39 is 11.5 Å². The van der Waals surface area contributed by atoms with E-state index in [9.17, 15) is 4.79 Å². The van der Waals surface area contributed by atoms with Gasteiger partial charge in [-0.05, 0) is 58.8 Å². The summed E-state index contributed by atoms with van der Waals surface area (Å²) in [6, 6.07) is 2.00. The molecule has 1 N–H and O–H groups in total. The fourth-order valence-corrected chi connectivity index (χ4v) is 3.29. The minimum atomic E-state index is -0.858. The summed E-state index contributed by atoms with van der Waals surface area (Å²) >= 11 is 8.44. The molecule has 16 heavy (non-hydrogen) atoms. The van der Waals surface area contributed by atoms with Crippen LogP contribution in [0.1, 0.15) is 18.7 Å². The summed E-state index contributed by atoms with van der Waals surface area (Å²) in [6.07, 6.45) is 0. The Morgan fingerprint density at radius 1 is 1.56 bits per heavy atom. The van der Waals surface area contributed by atoms with Gasteiger partial charge < -0.3 is 5.11 Å². The summed E-state index contributed by atoms with van der Waals surface area (Å²) in [5.74, 6) is -0.815. The third-order valence-electron chi connectivity index (χ3n) is 2.57. The molecule has 0 radical (unpaired) electrons. The average Bonchev–Trinajstić information content (AvgIpc) is 2.45. The molecule has 0 saturated heterocycles. The molecular formula is C10H13Br2NO2S. The second kappa shape index (κ2) is 5.16. The molecule has 6 heteroatoms. The lowest BCUT2D eigenvalue weighted by Gasteiger charge is -2.30. The van der Waals surface area contributed by atoms with Crippen LogP contribution in [-0.2, 0) is 11.3 Å². The predicted octanol–water partition coefficient (Wildman–Crippen LogP) is 3.57. The molecule has 1 heterocycles. The quantitative estimate of drug-likeness (QED) is 0.880. The molecule has 0 fully saturated rings. The molecule has 1 aromatic heterocycles. The zero-order valence-electron chi connectivity index (χ0n) is 9.25. The molecule has 90 valence electrons. The number of rotatable bonds is 4. The third kappa shape index (κ3) is 3.06. The Labute approximate surface area is 116 Å². The van der Waals surface area contributed by atoms with E-state index in [1.165, 1.54) is 0 Å². The maximum Gasteiger partial charge on any atom is 0.323 e. The lowest BCUT2D eigenvalue weighted by Crippen LogP contribution is -2.47. The second-order valence-corrected chi connectivity index (χ2v) is 7.36. The van der Waals surface area contributed by atoms with Crippen molar-refractivity contribution in [3.63, 3.8) is 0 Å². The van der Waals surface area contributed by atoms with Crippen molar-refractivity contribution in [2.75, 3.05) is 7.05 Å². The molecule has 1 aromatic rings. The molecule has 0 aliphatic heterocycles. The van der Waals surface area contributed by atoms with Crippen LogP contribution in [0.3, 0.4) is 0 Å². The minimum absolute atomic E-state index is 0.619. The molecule has 0 aliphatic rings. The van der Waals surface area contributed by atoms with Crippen molar-refractivity contribution in [3.8, 4) is 0 Å². The van der Waals surface area contributed by atoms with Gasteiger partial charge in [-0.2, -0.15) is 0 Å². The highest BCUT2D eigenvalue weighted by atomic mass is 79.9. The van der Waals surface area contributed by atoms with Gasteiger partial charge in [-0.1, -0.05) is 0 Å². The van der Waals surface area contributed by atoms with Crippen molar-refractivity contribution >= 4 is 49.2 Å². The van der Waals surface area contributed by atoms with E-state index in [1.54, 1.807) is 25.2 Å².